The van der Waals surface area contributed by atoms with Crippen LogP contribution >= 0.6 is 0 Å². The van der Waals surface area contributed by atoms with E-state index in [0.29, 0.717) is 17.4 Å². The highest BCUT2D eigenvalue weighted by atomic mass is 16.5. The molecule has 3 nitrogen and oxygen atoms in total. The number of nitrogens with zero attached hydrogens (tertiary/aromatic N) is 1. The van der Waals surface area contributed by atoms with Gasteiger partial charge in [-0.3, -0.25) is 4.79 Å². The van der Waals surface area contributed by atoms with Crippen LogP contribution in [0.25, 0.3) is 0 Å². The molecule has 0 N–H and O–H groups in total. The van der Waals surface area contributed by atoms with Crippen LogP contribution in [0.5, 0.6) is 0 Å². The maximum absolute atomic E-state index is 12.5. The second-order valence-electron chi connectivity index (χ2n) is 6.57. The van der Waals surface area contributed by atoms with Gasteiger partial charge in [-0.05, 0) is 57.8 Å². The number of likely N-dealkylation sites (tertiary alicyclic amines) is 1. The molecule has 1 saturated carbocycles. The standard InChI is InChI=1S/C16H25NO2/c1-3-19-13-9-16(10-13)7-8-17(11-16)15(18)14-6-4-5-12(14)2/h13H,3-11H2,1-2H3. The molecule has 1 amide bonds. The maximum Gasteiger partial charge on any atom is 0.249 e. The van der Waals surface area contributed by atoms with Gasteiger partial charge in [0.15, 0.2) is 0 Å². The van der Waals surface area contributed by atoms with Gasteiger partial charge in [-0.25, -0.2) is 0 Å². The molecule has 1 saturated heterocycles. The Morgan fingerprint density at radius 3 is 2.84 bits per heavy atom. The number of ether oxygens (including phenoxy) is 1. The van der Waals surface area contributed by atoms with Crippen molar-refractivity contribution in [2.24, 2.45) is 5.41 Å². The first-order valence-corrected chi connectivity index (χ1v) is 7.73. The van der Waals surface area contributed by atoms with Crippen LogP contribution in [0, 0.1) is 5.41 Å². The van der Waals surface area contributed by atoms with Crippen molar-refractivity contribution in [3.8, 4) is 0 Å². The Kier molecular flexibility index (Phi) is 3.42. The molecule has 1 aliphatic heterocycles. The van der Waals surface area contributed by atoms with Crippen molar-refractivity contribution in [3.63, 3.8) is 0 Å². The van der Waals surface area contributed by atoms with Gasteiger partial charge in [0, 0.05) is 25.3 Å². The van der Waals surface area contributed by atoms with Gasteiger partial charge >= 0.3 is 0 Å². The van der Waals surface area contributed by atoms with Gasteiger partial charge in [-0.1, -0.05) is 5.57 Å². The minimum absolute atomic E-state index is 0.326. The summed E-state index contributed by atoms with van der Waals surface area (Å²) in [7, 11) is 0. The normalized spacial score (nSPS) is 34.2. The second kappa shape index (κ2) is 4.93. The van der Waals surface area contributed by atoms with Crippen molar-refractivity contribution < 1.29 is 9.53 Å². The number of carbonyl (C=O) groups excluding carboxylic acids is 1. The summed E-state index contributed by atoms with van der Waals surface area (Å²) in [4.78, 5) is 14.6. The molecule has 106 valence electrons. The molecule has 0 aromatic rings. The summed E-state index contributed by atoms with van der Waals surface area (Å²) in [6, 6.07) is 0. The zero-order valence-corrected chi connectivity index (χ0v) is 12.2. The number of hydrogen-bond acceptors (Lipinski definition) is 2. The van der Waals surface area contributed by atoms with Gasteiger partial charge < -0.3 is 9.64 Å². The van der Waals surface area contributed by atoms with Crippen LogP contribution in [0.4, 0.5) is 0 Å². The van der Waals surface area contributed by atoms with Gasteiger partial charge in [0.05, 0.1) is 6.10 Å². The van der Waals surface area contributed by atoms with Gasteiger partial charge in [0.2, 0.25) is 5.91 Å². The van der Waals surface area contributed by atoms with Crippen molar-refractivity contribution in [3.05, 3.63) is 11.1 Å². The van der Waals surface area contributed by atoms with E-state index in [2.05, 4.69) is 18.7 Å². The monoisotopic (exact) mass is 263 g/mol. The van der Waals surface area contributed by atoms with E-state index in [0.717, 1.165) is 57.4 Å². The van der Waals surface area contributed by atoms with Crippen LogP contribution in [0.3, 0.4) is 0 Å². The third-order valence-corrected chi connectivity index (χ3v) is 5.20. The molecule has 2 fully saturated rings. The first-order valence-electron chi connectivity index (χ1n) is 7.73. The minimum Gasteiger partial charge on any atom is -0.378 e. The Labute approximate surface area is 116 Å². The molecule has 0 unspecified atom stereocenters. The van der Waals surface area contributed by atoms with E-state index in [-0.39, 0.29) is 0 Å². The molecule has 1 spiro atoms. The summed E-state index contributed by atoms with van der Waals surface area (Å²) in [6.45, 7) is 6.92. The average molecular weight is 263 g/mol. The van der Waals surface area contributed by atoms with E-state index in [1.165, 1.54) is 12.0 Å². The summed E-state index contributed by atoms with van der Waals surface area (Å²) in [5.41, 5.74) is 2.83. The first kappa shape index (κ1) is 13.2. The topological polar surface area (TPSA) is 29.5 Å². The van der Waals surface area contributed by atoms with Crippen molar-refractivity contribution in [2.75, 3.05) is 19.7 Å². The molecule has 0 aromatic carbocycles. The lowest BCUT2D eigenvalue weighted by Gasteiger charge is -2.44. The Morgan fingerprint density at radius 2 is 2.21 bits per heavy atom. The zero-order chi connectivity index (χ0) is 13.5. The lowest BCUT2D eigenvalue weighted by molar-refractivity contribution is -0.128. The maximum atomic E-state index is 12.5. The largest absolute Gasteiger partial charge is 0.378 e. The lowest BCUT2D eigenvalue weighted by atomic mass is 9.66. The number of allylic oxidation sites excluding steroid dienone is 1. The van der Waals surface area contributed by atoms with Crippen LogP contribution in [0.15, 0.2) is 11.1 Å². The average Bonchev–Trinajstić information content (AvgIpc) is 2.95. The van der Waals surface area contributed by atoms with Crippen LogP contribution in [0.2, 0.25) is 0 Å². The zero-order valence-electron chi connectivity index (χ0n) is 12.2. The van der Waals surface area contributed by atoms with Gasteiger partial charge in [0.25, 0.3) is 0 Å². The molecular weight excluding hydrogens is 238 g/mol. The van der Waals surface area contributed by atoms with E-state index in [1.54, 1.807) is 0 Å². The molecule has 1 heterocycles. The van der Waals surface area contributed by atoms with Gasteiger partial charge in [-0.2, -0.15) is 0 Å². The smallest absolute Gasteiger partial charge is 0.249 e. The Balaban J connectivity index is 1.58. The highest BCUT2D eigenvalue weighted by Crippen LogP contribution is 2.49. The van der Waals surface area contributed by atoms with Crippen LogP contribution < -0.4 is 0 Å². The van der Waals surface area contributed by atoms with Crippen LogP contribution in [-0.2, 0) is 9.53 Å². The molecular formula is C16H25NO2. The molecule has 0 radical (unpaired) electrons. The van der Waals surface area contributed by atoms with Crippen LogP contribution in [-0.4, -0.2) is 36.6 Å². The molecule has 19 heavy (non-hydrogen) atoms. The molecule has 0 atom stereocenters. The molecule has 0 bridgehead atoms. The summed E-state index contributed by atoms with van der Waals surface area (Å²) in [6.07, 6.45) is 7.22. The predicted molar refractivity (Wildman–Crippen MR) is 74.8 cm³/mol. The Morgan fingerprint density at radius 1 is 1.42 bits per heavy atom. The first-order chi connectivity index (χ1) is 9.13. The molecule has 3 aliphatic rings. The number of hydrogen-bond donors (Lipinski definition) is 0. The molecule has 3 heteroatoms. The molecule has 0 aromatic heterocycles. The van der Waals surface area contributed by atoms with E-state index in [4.69, 9.17) is 4.74 Å². The number of carbonyl (C=O) groups is 1. The van der Waals surface area contributed by atoms with E-state index < -0.39 is 0 Å². The Bertz CT molecular complexity index is 407. The fraction of sp³-hybridized carbons (Fsp3) is 0.812. The van der Waals surface area contributed by atoms with Crippen molar-refractivity contribution >= 4 is 5.91 Å². The highest BCUT2D eigenvalue weighted by Gasteiger charge is 2.50. The summed E-state index contributed by atoms with van der Waals surface area (Å²) >= 11 is 0. The van der Waals surface area contributed by atoms with E-state index >= 15 is 0 Å². The quantitative estimate of drug-likeness (QED) is 0.783. The Hall–Kier alpha value is -0.830. The highest BCUT2D eigenvalue weighted by molar-refractivity contribution is 5.94. The molecule has 2 aliphatic carbocycles. The third-order valence-electron chi connectivity index (χ3n) is 5.20. The minimum atomic E-state index is 0.326. The lowest BCUT2D eigenvalue weighted by Crippen LogP contribution is -2.45. The SMILES string of the molecule is CCOC1CC2(CCN(C(=O)C3=C(C)CCC3)C2)C1. The fourth-order valence-corrected chi connectivity index (χ4v) is 4.08. The number of amides is 1. The second-order valence-corrected chi connectivity index (χ2v) is 6.57. The van der Waals surface area contributed by atoms with Crippen molar-refractivity contribution in [2.45, 2.75) is 58.5 Å². The summed E-state index contributed by atoms with van der Waals surface area (Å²) < 4.78 is 5.66. The van der Waals surface area contributed by atoms with E-state index in [9.17, 15) is 4.79 Å². The summed E-state index contributed by atoms with van der Waals surface area (Å²) in [5.74, 6) is 0.326. The molecule has 3 rings (SSSR count). The van der Waals surface area contributed by atoms with Crippen LogP contribution in [0.1, 0.15) is 52.4 Å². The summed E-state index contributed by atoms with van der Waals surface area (Å²) in [5, 5.41) is 0. The van der Waals surface area contributed by atoms with Crippen molar-refractivity contribution in [1.29, 1.82) is 0 Å². The van der Waals surface area contributed by atoms with E-state index in [1.807, 2.05) is 0 Å². The van der Waals surface area contributed by atoms with Gasteiger partial charge in [-0.15, -0.1) is 0 Å². The fourth-order valence-electron chi connectivity index (χ4n) is 4.08. The van der Waals surface area contributed by atoms with Gasteiger partial charge in [0.1, 0.15) is 0 Å². The predicted octanol–water partition coefficient (Wildman–Crippen LogP) is 2.90. The number of rotatable bonds is 3. The van der Waals surface area contributed by atoms with Crippen molar-refractivity contribution in [1.82, 2.24) is 4.90 Å². The third kappa shape index (κ3) is 2.33.